The Balaban J connectivity index is 1.96. The summed E-state index contributed by atoms with van der Waals surface area (Å²) >= 11 is 12.4. The van der Waals surface area contributed by atoms with Crippen molar-refractivity contribution in [1.29, 1.82) is 0 Å². The van der Waals surface area contributed by atoms with Crippen LogP contribution in [0.15, 0.2) is 115 Å². The Kier molecular flexibility index (Phi) is 9.67. The van der Waals surface area contributed by atoms with Gasteiger partial charge in [0.1, 0.15) is 11.7 Å². The highest BCUT2D eigenvalue weighted by molar-refractivity contribution is 7.80. The second-order valence-corrected chi connectivity index (χ2v) is 10.7. The minimum atomic E-state index is -2.15. The third-order valence-corrected chi connectivity index (χ3v) is 7.79. The lowest BCUT2D eigenvalue weighted by molar-refractivity contribution is -0.223. The molecule has 202 valence electrons. The number of hydrogen-bond acceptors (Lipinski definition) is 5. The maximum atomic E-state index is 12.8. The summed E-state index contributed by atoms with van der Waals surface area (Å²) in [6, 6.07) is 35.5. The highest BCUT2D eigenvalue weighted by atomic mass is 35.5. The number of thiocarbonyl (C=S) groups is 1. The summed E-state index contributed by atoms with van der Waals surface area (Å²) in [6.45, 7) is 1.56. The molecule has 4 atom stereocenters. The zero-order valence-corrected chi connectivity index (χ0v) is 23.4. The molecule has 39 heavy (non-hydrogen) atoms. The van der Waals surface area contributed by atoms with Crippen LogP contribution in [0.2, 0.25) is 5.02 Å². The van der Waals surface area contributed by atoms with E-state index in [1.807, 2.05) is 91.0 Å². The van der Waals surface area contributed by atoms with Crippen molar-refractivity contribution in [1.82, 2.24) is 0 Å². The fourth-order valence-electron chi connectivity index (χ4n) is 4.97. The van der Waals surface area contributed by atoms with Crippen LogP contribution < -0.4 is 0 Å². The molecule has 0 fully saturated rings. The van der Waals surface area contributed by atoms with Gasteiger partial charge in [0.2, 0.25) is 0 Å². The summed E-state index contributed by atoms with van der Waals surface area (Å²) in [6.07, 6.45) is -2.50. The molecular weight excluding hydrogens is 528 g/mol. The third kappa shape index (κ3) is 6.47. The number of rotatable bonds is 12. The van der Waals surface area contributed by atoms with Crippen LogP contribution in [0.4, 0.5) is 0 Å². The van der Waals surface area contributed by atoms with Crippen LogP contribution in [0.3, 0.4) is 0 Å². The summed E-state index contributed by atoms with van der Waals surface area (Å²) in [7, 11) is 0. The van der Waals surface area contributed by atoms with Gasteiger partial charge in [-0.05, 0) is 41.3 Å². The van der Waals surface area contributed by atoms with Crippen molar-refractivity contribution in [3.05, 3.63) is 143 Å². The summed E-state index contributed by atoms with van der Waals surface area (Å²) in [5.41, 5.74) is -0.788. The van der Waals surface area contributed by atoms with Gasteiger partial charge >= 0.3 is 0 Å². The Morgan fingerprint density at radius 3 is 1.77 bits per heavy atom. The second kappa shape index (κ2) is 13.0. The molecule has 4 nitrogen and oxygen atoms in total. The molecule has 0 heterocycles. The van der Waals surface area contributed by atoms with E-state index in [1.165, 1.54) is 6.92 Å². The average molecular weight is 561 g/mol. The Bertz CT molecular complexity index is 1330. The molecule has 0 aliphatic carbocycles. The van der Waals surface area contributed by atoms with Crippen molar-refractivity contribution in [2.75, 3.05) is 0 Å². The molecule has 0 radical (unpaired) electrons. The Morgan fingerprint density at radius 1 is 0.769 bits per heavy atom. The Hall–Kier alpha value is -2.90. The lowest BCUT2D eigenvalue weighted by atomic mass is 9.67. The van der Waals surface area contributed by atoms with E-state index < -0.39 is 23.4 Å². The monoisotopic (exact) mass is 560 g/mol. The highest BCUT2D eigenvalue weighted by Crippen LogP contribution is 2.45. The first-order valence-corrected chi connectivity index (χ1v) is 13.7. The van der Waals surface area contributed by atoms with Crippen LogP contribution in [-0.4, -0.2) is 38.0 Å². The zero-order chi connectivity index (χ0) is 27.9. The van der Waals surface area contributed by atoms with Crippen molar-refractivity contribution in [2.24, 2.45) is 0 Å². The Morgan fingerprint density at radius 2 is 1.26 bits per heavy atom. The van der Waals surface area contributed by atoms with Gasteiger partial charge in [0.05, 0.1) is 12.7 Å². The van der Waals surface area contributed by atoms with Gasteiger partial charge in [-0.2, -0.15) is 0 Å². The average Bonchev–Trinajstić information content (AvgIpc) is 2.96. The maximum absolute atomic E-state index is 12.8. The number of ether oxygens (including phenoxy) is 1. The minimum absolute atomic E-state index is 0.116. The molecule has 0 amide bonds. The Labute approximate surface area is 240 Å². The molecule has 4 rings (SSSR count). The fourth-order valence-corrected chi connectivity index (χ4v) is 5.55. The largest absolute Gasteiger partial charge is 0.391 e. The molecule has 0 spiro atoms. The first-order valence-electron chi connectivity index (χ1n) is 12.9. The van der Waals surface area contributed by atoms with E-state index in [2.05, 4.69) is 0 Å². The number of hydrogen-bond donors (Lipinski definition) is 3. The van der Waals surface area contributed by atoms with Gasteiger partial charge in [-0.1, -0.05) is 127 Å². The van der Waals surface area contributed by atoms with Crippen molar-refractivity contribution in [3.8, 4) is 0 Å². The molecule has 4 aromatic rings. The topological polar surface area (TPSA) is 69.9 Å². The lowest BCUT2D eigenvalue weighted by Gasteiger charge is -2.51. The predicted octanol–water partition coefficient (Wildman–Crippen LogP) is 6.08. The first-order chi connectivity index (χ1) is 18.8. The van der Waals surface area contributed by atoms with Crippen LogP contribution >= 0.6 is 23.8 Å². The zero-order valence-electron chi connectivity index (χ0n) is 21.8. The van der Waals surface area contributed by atoms with E-state index in [0.717, 1.165) is 16.7 Å². The van der Waals surface area contributed by atoms with Crippen LogP contribution in [-0.2, 0) is 29.8 Å². The summed E-state index contributed by atoms with van der Waals surface area (Å²) in [5.74, 6) is 0. The molecule has 0 aliphatic heterocycles. The fraction of sp³-hybridized carbons (Fsp3) is 0.242. The van der Waals surface area contributed by atoms with E-state index in [0.29, 0.717) is 21.9 Å². The standard InChI is InChI=1S/C33H33ClO4S/c1-24(35)31(36)33(37,28-17-19-29(34)20-18-28)32(22-26-13-7-3-8-14-26,38-23-27-15-9-4-10-16-27)30(39)21-25-11-5-2-6-12-25/h2-20,24,31,35-37H,21-23H2,1H3/t24-,31+,32+,33+/m1/s1. The SMILES string of the molecule is C[C@@H](O)[C@H](O)[C@@](O)(c1ccc(Cl)cc1)[C@@](Cc1ccccc1)(OCc1ccccc1)C(=S)Cc1ccccc1. The quantitative estimate of drug-likeness (QED) is 0.183. The number of aliphatic hydroxyl groups excluding tert-OH is 2. The van der Waals surface area contributed by atoms with Crippen LogP contribution in [0.25, 0.3) is 0 Å². The van der Waals surface area contributed by atoms with Crippen LogP contribution in [0, 0.1) is 0 Å². The van der Waals surface area contributed by atoms with E-state index in [-0.39, 0.29) is 13.0 Å². The number of halogens is 1. The molecule has 6 heteroatoms. The van der Waals surface area contributed by atoms with Gasteiger partial charge in [0, 0.05) is 22.7 Å². The van der Waals surface area contributed by atoms with Crippen LogP contribution in [0.1, 0.15) is 29.2 Å². The third-order valence-electron chi connectivity index (χ3n) is 7.07. The molecule has 3 N–H and O–H groups in total. The van der Waals surface area contributed by atoms with Gasteiger partial charge in [-0.15, -0.1) is 0 Å². The lowest BCUT2D eigenvalue weighted by Crippen LogP contribution is -2.67. The predicted molar refractivity (Wildman–Crippen MR) is 160 cm³/mol. The van der Waals surface area contributed by atoms with Gasteiger partial charge in [0.15, 0.2) is 5.60 Å². The number of aliphatic hydroxyl groups is 3. The van der Waals surface area contributed by atoms with Crippen molar-refractivity contribution in [3.63, 3.8) is 0 Å². The highest BCUT2D eigenvalue weighted by Gasteiger charge is 2.60. The van der Waals surface area contributed by atoms with Gasteiger partial charge in [-0.3, -0.25) is 0 Å². The molecular formula is C33H33ClO4S. The van der Waals surface area contributed by atoms with Crippen molar-refractivity contribution < 1.29 is 20.1 Å². The molecule has 0 unspecified atom stereocenters. The molecule has 0 aromatic heterocycles. The summed E-state index contributed by atoms with van der Waals surface area (Å²) in [5, 5.41) is 35.7. The van der Waals surface area contributed by atoms with E-state index >= 15 is 0 Å². The smallest absolute Gasteiger partial charge is 0.152 e. The summed E-state index contributed by atoms with van der Waals surface area (Å²) in [4.78, 5) is 0.394. The molecule has 0 saturated carbocycles. The molecule has 0 aliphatic rings. The van der Waals surface area contributed by atoms with Gasteiger partial charge in [-0.25, -0.2) is 0 Å². The van der Waals surface area contributed by atoms with E-state index in [4.69, 9.17) is 28.6 Å². The second-order valence-electron chi connectivity index (χ2n) is 9.81. The van der Waals surface area contributed by atoms with Crippen LogP contribution in [0.5, 0.6) is 0 Å². The van der Waals surface area contributed by atoms with E-state index in [1.54, 1.807) is 24.3 Å². The molecule has 0 saturated heterocycles. The summed E-state index contributed by atoms with van der Waals surface area (Å²) < 4.78 is 6.78. The van der Waals surface area contributed by atoms with Crippen molar-refractivity contribution in [2.45, 2.75) is 49.8 Å². The number of benzene rings is 4. The van der Waals surface area contributed by atoms with Crippen molar-refractivity contribution >= 4 is 28.7 Å². The van der Waals surface area contributed by atoms with E-state index in [9.17, 15) is 15.3 Å². The maximum Gasteiger partial charge on any atom is 0.152 e. The first kappa shape index (κ1) is 29.1. The van der Waals surface area contributed by atoms with Gasteiger partial charge < -0.3 is 20.1 Å². The minimum Gasteiger partial charge on any atom is -0.391 e. The molecule has 0 bridgehead atoms. The van der Waals surface area contributed by atoms with Gasteiger partial charge in [0.25, 0.3) is 0 Å². The molecule has 4 aromatic carbocycles. The normalized spacial score (nSPS) is 16.0.